The Bertz CT molecular complexity index is 379. The number of nitrogens with zero attached hydrogens (tertiary/aromatic N) is 1. The van der Waals surface area contributed by atoms with E-state index in [2.05, 4.69) is 0 Å². The summed E-state index contributed by atoms with van der Waals surface area (Å²) in [6, 6.07) is 9.84. The Morgan fingerprint density at radius 3 is 2.71 bits per heavy atom. The number of rotatable bonds is 2. The maximum atomic E-state index is 10.8. The molecule has 0 amide bonds. The van der Waals surface area contributed by atoms with E-state index in [1.54, 1.807) is 0 Å². The van der Waals surface area contributed by atoms with Crippen LogP contribution in [0.25, 0.3) is 0 Å². The van der Waals surface area contributed by atoms with E-state index in [9.17, 15) is 4.79 Å². The molecule has 2 heteroatoms. The van der Waals surface area contributed by atoms with Crippen LogP contribution in [0.2, 0.25) is 0 Å². The van der Waals surface area contributed by atoms with E-state index in [0.29, 0.717) is 5.70 Å². The molecule has 1 aromatic carbocycles. The van der Waals surface area contributed by atoms with E-state index < -0.39 is 0 Å². The molecule has 70 valence electrons. The second-order valence-corrected chi connectivity index (χ2v) is 3.07. The average molecular weight is 185 g/mol. The van der Waals surface area contributed by atoms with Gasteiger partial charge in [0.15, 0.2) is 6.29 Å². The van der Waals surface area contributed by atoms with Crippen molar-refractivity contribution in [1.29, 1.82) is 0 Å². The van der Waals surface area contributed by atoms with Crippen LogP contribution < -0.4 is 4.90 Å². The van der Waals surface area contributed by atoms with E-state index in [0.717, 1.165) is 18.4 Å². The molecule has 0 bridgehead atoms. The van der Waals surface area contributed by atoms with Gasteiger partial charge in [-0.3, -0.25) is 4.79 Å². The highest BCUT2D eigenvalue weighted by molar-refractivity contribution is 5.82. The molecule has 1 heterocycles. The highest BCUT2D eigenvalue weighted by Gasteiger charge is 2.09. The van der Waals surface area contributed by atoms with Gasteiger partial charge in [0, 0.05) is 11.9 Å². The third kappa shape index (κ3) is 1.59. The normalized spacial score (nSPS) is 15.1. The van der Waals surface area contributed by atoms with Gasteiger partial charge < -0.3 is 4.90 Å². The highest BCUT2D eigenvalue weighted by atomic mass is 16.1. The predicted molar refractivity (Wildman–Crippen MR) is 56.8 cm³/mol. The predicted octanol–water partition coefficient (Wildman–Crippen LogP) is 2.49. The summed E-state index contributed by atoms with van der Waals surface area (Å²) in [4.78, 5) is 12.7. The topological polar surface area (TPSA) is 20.3 Å². The van der Waals surface area contributed by atoms with E-state index in [4.69, 9.17) is 0 Å². The van der Waals surface area contributed by atoms with Crippen LogP contribution in [0.1, 0.15) is 6.42 Å². The van der Waals surface area contributed by atoms with Crippen LogP contribution in [0, 0.1) is 0 Å². The fraction of sp³-hybridized carbons (Fsp3) is 0.0833. The number of benzene rings is 1. The smallest absolute Gasteiger partial charge is 0.166 e. The number of hydrogen-bond acceptors (Lipinski definition) is 2. The molecule has 14 heavy (non-hydrogen) atoms. The summed E-state index contributed by atoms with van der Waals surface area (Å²) in [7, 11) is 0. The molecule has 2 nitrogen and oxygen atoms in total. The lowest BCUT2D eigenvalue weighted by molar-refractivity contribution is -0.104. The number of aldehydes is 1. The molecule has 2 rings (SSSR count). The quantitative estimate of drug-likeness (QED) is 0.660. The summed E-state index contributed by atoms with van der Waals surface area (Å²) >= 11 is 0. The number of anilines is 1. The first kappa shape index (κ1) is 8.75. The third-order valence-electron chi connectivity index (χ3n) is 2.15. The molecule has 0 aliphatic carbocycles. The van der Waals surface area contributed by atoms with Crippen molar-refractivity contribution in [3.8, 4) is 0 Å². The molecule has 1 aliphatic heterocycles. The zero-order chi connectivity index (χ0) is 9.80. The molecule has 0 saturated carbocycles. The fourth-order valence-corrected chi connectivity index (χ4v) is 1.47. The summed E-state index contributed by atoms with van der Waals surface area (Å²) in [6.07, 6.45) is 7.59. The first-order valence-corrected chi connectivity index (χ1v) is 4.58. The van der Waals surface area contributed by atoms with E-state index in [1.165, 1.54) is 0 Å². The van der Waals surface area contributed by atoms with Crippen molar-refractivity contribution in [2.45, 2.75) is 6.42 Å². The maximum absolute atomic E-state index is 10.8. The molecule has 0 atom stereocenters. The summed E-state index contributed by atoms with van der Waals surface area (Å²) < 4.78 is 0. The number of allylic oxidation sites excluding steroid dienone is 3. The average Bonchev–Trinajstić information content (AvgIpc) is 2.30. The Morgan fingerprint density at radius 2 is 2.00 bits per heavy atom. The minimum atomic E-state index is 0.707. The van der Waals surface area contributed by atoms with Gasteiger partial charge in [0.05, 0.1) is 5.70 Å². The zero-order valence-electron chi connectivity index (χ0n) is 7.76. The van der Waals surface area contributed by atoms with Gasteiger partial charge in [-0.15, -0.1) is 0 Å². The SMILES string of the molecule is O=CC1=CCC=CN1c1ccccc1. The summed E-state index contributed by atoms with van der Waals surface area (Å²) in [6.45, 7) is 0. The Morgan fingerprint density at radius 1 is 1.21 bits per heavy atom. The van der Waals surface area contributed by atoms with Crippen LogP contribution in [-0.4, -0.2) is 6.29 Å². The van der Waals surface area contributed by atoms with Crippen LogP contribution in [0.15, 0.2) is 54.4 Å². The van der Waals surface area contributed by atoms with Gasteiger partial charge in [-0.05, 0) is 18.6 Å². The van der Waals surface area contributed by atoms with Gasteiger partial charge in [-0.25, -0.2) is 0 Å². The Kier molecular flexibility index (Phi) is 2.45. The molecule has 0 fully saturated rings. The molecule has 0 unspecified atom stereocenters. The van der Waals surface area contributed by atoms with Gasteiger partial charge >= 0.3 is 0 Å². The Labute approximate surface area is 83.2 Å². The summed E-state index contributed by atoms with van der Waals surface area (Å²) in [5, 5.41) is 0. The lowest BCUT2D eigenvalue weighted by Gasteiger charge is -2.22. The molecular weight excluding hydrogens is 174 g/mol. The summed E-state index contributed by atoms with van der Waals surface area (Å²) in [5.74, 6) is 0. The van der Waals surface area contributed by atoms with Gasteiger partial charge in [0.1, 0.15) is 0 Å². The van der Waals surface area contributed by atoms with Crippen LogP contribution >= 0.6 is 0 Å². The van der Waals surface area contributed by atoms with Crippen molar-refractivity contribution >= 4 is 12.0 Å². The van der Waals surface area contributed by atoms with Crippen molar-refractivity contribution in [3.05, 3.63) is 54.4 Å². The summed E-state index contributed by atoms with van der Waals surface area (Å²) in [5.41, 5.74) is 1.72. The molecule has 1 aromatic rings. The van der Waals surface area contributed by atoms with Gasteiger partial charge in [0.25, 0.3) is 0 Å². The molecule has 0 N–H and O–H groups in total. The zero-order valence-corrected chi connectivity index (χ0v) is 7.76. The fourth-order valence-electron chi connectivity index (χ4n) is 1.47. The van der Waals surface area contributed by atoms with Crippen molar-refractivity contribution in [3.63, 3.8) is 0 Å². The van der Waals surface area contributed by atoms with Gasteiger partial charge in [0.2, 0.25) is 0 Å². The molecule has 0 spiro atoms. The molecule has 0 radical (unpaired) electrons. The van der Waals surface area contributed by atoms with Crippen molar-refractivity contribution in [1.82, 2.24) is 0 Å². The van der Waals surface area contributed by atoms with E-state index in [1.807, 2.05) is 53.6 Å². The second-order valence-electron chi connectivity index (χ2n) is 3.07. The van der Waals surface area contributed by atoms with Crippen LogP contribution in [0.4, 0.5) is 5.69 Å². The van der Waals surface area contributed by atoms with Crippen molar-refractivity contribution in [2.24, 2.45) is 0 Å². The lowest BCUT2D eigenvalue weighted by Crippen LogP contribution is -2.18. The number of hydrogen-bond donors (Lipinski definition) is 0. The molecular formula is C12H11NO. The number of para-hydroxylation sites is 1. The first-order valence-electron chi connectivity index (χ1n) is 4.58. The van der Waals surface area contributed by atoms with E-state index >= 15 is 0 Å². The minimum Gasteiger partial charge on any atom is -0.315 e. The Balaban J connectivity index is 2.34. The van der Waals surface area contributed by atoms with Crippen molar-refractivity contribution < 1.29 is 4.79 Å². The molecule has 1 aliphatic rings. The first-order chi connectivity index (χ1) is 6.92. The maximum Gasteiger partial charge on any atom is 0.166 e. The monoisotopic (exact) mass is 185 g/mol. The lowest BCUT2D eigenvalue weighted by atomic mass is 10.2. The minimum absolute atomic E-state index is 0.707. The number of carbonyl (C=O) groups excluding carboxylic acids is 1. The van der Waals surface area contributed by atoms with Crippen LogP contribution in [0.3, 0.4) is 0 Å². The second kappa shape index (κ2) is 3.92. The van der Waals surface area contributed by atoms with Crippen LogP contribution in [0.5, 0.6) is 0 Å². The van der Waals surface area contributed by atoms with Crippen molar-refractivity contribution in [2.75, 3.05) is 4.90 Å². The largest absolute Gasteiger partial charge is 0.315 e. The van der Waals surface area contributed by atoms with E-state index in [-0.39, 0.29) is 0 Å². The van der Waals surface area contributed by atoms with Crippen LogP contribution in [-0.2, 0) is 4.79 Å². The van der Waals surface area contributed by atoms with Gasteiger partial charge in [-0.2, -0.15) is 0 Å². The Hall–Kier alpha value is -1.83. The highest BCUT2D eigenvalue weighted by Crippen LogP contribution is 2.21. The molecule has 0 saturated heterocycles. The third-order valence-corrected chi connectivity index (χ3v) is 2.15. The standard InChI is InChI=1S/C12H11NO/c14-10-12-8-4-5-9-13(12)11-6-2-1-3-7-11/h1-3,5-10H,4H2. The van der Waals surface area contributed by atoms with Gasteiger partial charge in [-0.1, -0.05) is 30.4 Å². The molecule has 0 aromatic heterocycles. The number of carbonyl (C=O) groups is 1.